The fraction of sp³-hybridized carbons (Fsp3) is 0.375. The molecule has 0 spiro atoms. The number of aryl methyl sites for hydroxylation is 1. The van der Waals surface area contributed by atoms with Crippen LogP contribution in [0.3, 0.4) is 0 Å². The highest BCUT2D eigenvalue weighted by molar-refractivity contribution is 5.88. The minimum atomic E-state index is -0.516. The van der Waals surface area contributed by atoms with Crippen LogP contribution in [0, 0.1) is 12.3 Å². The van der Waals surface area contributed by atoms with Gasteiger partial charge in [0.25, 0.3) is 0 Å². The molecule has 1 aromatic heterocycles. The van der Waals surface area contributed by atoms with Gasteiger partial charge in [0.1, 0.15) is 17.1 Å². The van der Waals surface area contributed by atoms with Crippen molar-refractivity contribution in [3.63, 3.8) is 0 Å². The van der Waals surface area contributed by atoms with Gasteiger partial charge < -0.3 is 9.52 Å². The van der Waals surface area contributed by atoms with Crippen LogP contribution >= 0.6 is 0 Å². The molecule has 0 fully saturated rings. The third kappa shape index (κ3) is 2.59. The van der Waals surface area contributed by atoms with Crippen molar-refractivity contribution < 1.29 is 14.3 Å². The molecule has 4 heteroatoms. The Labute approximate surface area is 117 Å². The van der Waals surface area contributed by atoms with Crippen LogP contribution in [0.1, 0.15) is 31.9 Å². The molecule has 2 aromatic rings. The van der Waals surface area contributed by atoms with E-state index in [1.54, 1.807) is 13.0 Å². The summed E-state index contributed by atoms with van der Waals surface area (Å²) in [6.07, 6.45) is 0.0640. The molecule has 0 aliphatic carbocycles. The van der Waals surface area contributed by atoms with Gasteiger partial charge >= 0.3 is 5.63 Å². The van der Waals surface area contributed by atoms with E-state index in [9.17, 15) is 14.7 Å². The number of fused-ring (bicyclic) bond motifs is 1. The summed E-state index contributed by atoms with van der Waals surface area (Å²) in [4.78, 5) is 24.1. The van der Waals surface area contributed by atoms with Crippen molar-refractivity contribution >= 4 is 16.8 Å². The highest BCUT2D eigenvalue weighted by atomic mass is 16.4. The second kappa shape index (κ2) is 4.78. The second-order valence-electron chi connectivity index (χ2n) is 6.02. The Hall–Kier alpha value is -2.10. The SMILES string of the molecule is Cc1c(CC(=O)C(C)(C)C)c(=O)oc2cc(O)ccc12. The maximum atomic E-state index is 12.1. The predicted octanol–water partition coefficient (Wildman–Crippen LogP) is 2.96. The molecule has 0 saturated heterocycles. The predicted molar refractivity (Wildman–Crippen MR) is 77.1 cm³/mol. The molecule has 1 heterocycles. The maximum Gasteiger partial charge on any atom is 0.340 e. The summed E-state index contributed by atoms with van der Waals surface area (Å²) in [5, 5.41) is 10.2. The average molecular weight is 274 g/mol. The lowest BCUT2D eigenvalue weighted by atomic mass is 9.86. The Kier molecular flexibility index (Phi) is 3.42. The van der Waals surface area contributed by atoms with Crippen molar-refractivity contribution in [2.24, 2.45) is 5.41 Å². The van der Waals surface area contributed by atoms with E-state index in [-0.39, 0.29) is 18.0 Å². The van der Waals surface area contributed by atoms with Crippen LogP contribution in [0.25, 0.3) is 11.0 Å². The van der Waals surface area contributed by atoms with E-state index in [4.69, 9.17) is 4.42 Å². The lowest BCUT2D eigenvalue weighted by Gasteiger charge is -2.17. The summed E-state index contributed by atoms with van der Waals surface area (Å²) in [7, 11) is 0. The van der Waals surface area contributed by atoms with Gasteiger partial charge in [-0.25, -0.2) is 4.79 Å². The number of carbonyl (C=O) groups excluding carboxylic acids is 1. The van der Waals surface area contributed by atoms with Crippen LogP contribution in [-0.2, 0) is 11.2 Å². The van der Waals surface area contributed by atoms with Crippen LogP contribution in [0.15, 0.2) is 27.4 Å². The lowest BCUT2D eigenvalue weighted by molar-refractivity contribution is -0.125. The highest BCUT2D eigenvalue weighted by Gasteiger charge is 2.24. The lowest BCUT2D eigenvalue weighted by Crippen LogP contribution is -2.25. The van der Waals surface area contributed by atoms with E-state index in [1.165, 1.54) is 12.1 Å². The summed E-state index contributed by atoms with van der Waals surface area (Å²) in [5.74, 6) is 0.0320. The van der Waals surface area contributed by atoms with Crippen LogP contribution in [0.2, 0.25) is 0 Å². The molecule has 20 heavy (non-hydrogen) atoms. The van der Waals surface area contributed by atoms with E-state index < -0.39 is 11.0 Å². The Morgan fingerprint density at radius 1 is 1.30 bits per heavy atom. The maximum absolute atomic E-state index is 12.1. The molecule has 0 aliphatic heterocycles. The van der Waals surface area contributed by atoms with Crippen LogP contribution in [0.5, 0.6) is 5.75 Å². The summed E-state index contributed by atoms with van der Waals surface area (Å²) in [5.41, 5.74) is 0.442. The summed E-state index contributed by atoms with van der Waals surface area (Å²) in [6.45, 7) is 7.27. The van der Waals surface area contributed by atoms with Crippen LogP contribution < -0.4 is 5.63 Å². The number of phenolic OH excluding ortho intramolecular Hbond substituents is 1. The smallest absolute Gasteiger partial charge is 0.340 e. The van der Waals surface area contributed by atoms with Gasteiger partial charge in [-0.05, 0) is 24.6 Å². The standard InChI is InChI=1S/C16H18O4/c1-9-11-6-5-10(17)7-13(11)20-15(19)12(9)8-14(18)16(2,3)4/h5-7,17H,8H2,1-4H3. The fourth-order valence-electron chi connectivity index (χ4n) is 2.01. The first-order valence-electron chi connectivity index (χ1n) is 6.49. The highest BCUT2D eigenvalue weighted by Crippen LogP contribution is 2.25. The Morgan fingerprint density at radius 2 is 1.95 bits per heavy atom. The summed E-state index contributed by atoms with van der Waals surface area (Å²) >= 11 is 0. The van der Waals surface area contributed by atoms with Crippen molar-refractivity contribution in [1.29, 1.82) is 0 Å². The van der Waals surface area contributed by atoms with E-state index >= 15 is 0 Å². The Morgan fingerprint density at radius 3 is 2.55 bits per heavy atom. The van der Waals surface area contributed by atoms with Crippen molar-refractivity contribution in [1.82, 2.24) is 0 Å². The van der Waals surface area contributed by atoms with E-state index in [1.807, 2.05) is 20.8 Å². The molecule has 106 valence electrons. The third-order valence-electron chi connectivity index (χ3n) is 3.44. The number of benzene rings is 1. The van der Waals surface area contributed by atoms with E-state index in [0.717, 1.165) is 10.9 Å². The summed E-state index contributed by atoms with van der Waals surface area (Å²) in [6, 6.07) is 4.62. The molecule has 4 nitrogen and oxygen atoms in total. The monoisotopic (exact) mass is 274 g/mol. The van der Waals surface area contributed by atoms with Crippen molar-refractivity contribution in [2.75, 3.05) is 0 Å². The quantitative estimate of drug-likeness (QED) is 0.855. The van der Waals surface area contributed by atoms with Gasteiger partial charge in [-0.1, -0.05) is 20.8 Å². The van der Waals surface area contributed by atoms with Crippen molar-refractivity contribution in [3.8, 4) is 5.75 Å². The topological polar surface area (TPSA) is 67.5 Å². The van der Waals surface area contributed by atoms with Crippen LogP contribution in [0.4, 0.5) is 0 Å². The van der Waals surface area contributed by atoms with E-state index in [0.29, 0.717) is 11.1 Å². The number of hydrogen-bond donors (Lipinski definition) is 1. The van der Waals surface area contributed by atoms with Crippen molar-refractivity contribution in [2.45, 2.75) is 34.1 Å². The first kappa shape index (κ1) is 14.3. The van der Waals surface area contributed by atoms with Crippen molar-refractivity contribution in [3.05, 3.63) is 39.7 Å². The first-order valence-corrected chi connectivity index (χ1v) is 6.49. The molecular weight excluding hydrogens is 256 g/mol. The molecule has 0 atom stereocenters. The molecule has 0 unspecified atom stereocenters. The molecule has 0 saturated carbocycles. The zero-order valence-corrected chi connectivity index (χ0v) is 12.1. The largest absolute Gasteiger partial charge is 0.508 e. The minimum absolute atomic E-state index is 0.00831. The second-order valence-corrected chi connectivity index (χ2v) is 6.02. The zero-order valence-electron chi connectivity index (χ0n) is 12.1. The molecule has 1 N–H and O–H groups in total. The third-order valence-corrected chi connectivity index (χ3v) is 3.44. The van der Waals surface area contributed by atoms with Crippen LogP contribution in [-0.4, -0.2) is 10.9 Å². The van der Waals surface area contributed by atoms with E-state index in [2.05, 4.69) is 0 Å². The fourth-order valence-corrected chi connectivity index (χ4v) is 2.01. The number of carbonyl (C=O) groups is 1. The first-order chi connectivity index (χ1) is 9.20. The van der Waals surface area contributed by atoms with Gasteiger partial charge in [0.2, 0.25) is 0 Å². The molecule has 1 aromatic carbocycles. The number of aromatic hydroxyl groups is 1. The average Bonchev–Trinajstić information content (AvgIpc) is 2.32. The normalized spacial score (nSPS) is 11.8. The number of phenols is 1. The molecular formula is C16H18O4. The molecule has 0 aliphatic rings. The molecule has 2 rings (SSSR count). The minimum Gasteiger partial charge on any atom is -0.508 e. The molecule has 0 amide bonds. The van der Waals surface area contributed by atoms with Gasteiger partial charge in [0, 0.05) is 28.9 Å². The zero-order chi connectivity index (χ0) is 15.1. The number of hydrogen-bond acceptors (Lipinski definition) is 4. The number of ketones is 1. The summed E-state index contributed by atoms with van der Waals surface area (Å²) < 4.78 is 5.20. The molecule has 0 radical (unpaired) electrons. The Bertz CT molecular complexity index is 732. The number of Topliss-reactive ketones (excluding diaryl/α,β-unsaturated/α-hetero) is 1. The van der Waals surface area contributed by atoms with Gasteiger partial charge in [0.05, 0.1) is 0 Å². The number of rotatable bonds is 2. The van der Waals surface area contributed by atoms with Gasteiger partial charge in [-0.3, -0.25) is 4.79 Å². The molecule has 0 bridgehead atoms. The Balaban J connectivity index is 2.58. The van der Waals surface area contributed by atoms with Gasteiger partial charge in [0.15, 0.2) is 0 Å². The van der Waals surface area contributed by atoms with Gasteiger partial charge in [-0.15, -0.1) is 0 Å². The van der Waals surface area contributed by atoms with Gasteiger partial charge in [-0.2, -0.15) is 0 Å².